The molecule has 90 valence electrons. The van der Waals surface area contributed by atoms with Crippen molar-refractivity contribution in [3.63, 3.8) is 0 Å². The molecule has 2 heterocycles. The van der Waals surface area contributed by atoms with Crippen molar-refractivity contribution >= 4 is 0 Å². The average molecular weight is 225 g/mol. The molecule has 1 aromatic heterocycles. The molecule has 16 heavy (non-hydrogen) atoms. The van der Waals surface area contributed by atoms with Gasteiger partial charge in [-0.1, -0.05) is 0 Å². The normalized spacial score (nSPS) is 26.8. The van der Waals surface area contributed by atoms with Crippen LogP contribution in [0, 0.1) is 0 Å². The number of likely N-dealkylation sites (tertiary alicyclic amines) is 1. The Morgan fingerprint density at radius 1 is 1.38 bits per heavy atom. The van der Waals surface area contributed by atoms with Crippen molar-refractivity contribution < 1.29 is 10.2 Å². The highest BCUT2D eigenvalue weighted by Crippen LogP contribution is 2.13. The lowest BCUT2D eigenvalue weighted by Crippen LogP contribution is -2.22. The van der Waals surface area contributed by atoms with E-state index in [1.807, 2.05) is 21.8 Å². The number of hydrogen-bond donors (Lipinski definition) is 2. The molecule has 0 saturated carbocycles. The van der Waals surface area contributed by atoms with Gasteiger partial charge in [-0.2, -0.15) is 5.10 Å². The number of hydrogen-bond acceptors (Lipinski definition) is 4. The van der Waals surface area contributed by atoms with Gasteiger partial charge in [0.1, 0.15) is 0 Å². The lowest BCUT2D eigenvalue weighted by Gasteiger charge is -2.12. The topological polar surface area (TPSA) is 61.5 Å². The Balaban J connectivity index is 1.94. The van der Waals surface area contributed by atoms with Crippen LogP contribution in [0.25, 0.3) is 0 Å². The molecule has 5 nitrogen and oxygen atoms in total. The summed E-state index contributed by atoms with van der Waals surface area (Å²) in [6.45, 7) is 5.90. The van der Waals surface area contributed by atoms with Crippen LogP contribution in [0.4, 0.5) is 0 Å². The van der Waals surface area contributed by atoms with Crippen LogP contribution in [0.3, 0.4) is 0 Å². The fourth-order valence-electron chi connectivity index (χ4n) is 1.95. The van der Waals surface area contributed by atoms with Crippen LogP contribution in [0.1, 0.15) is 25.6 Å². The highest BCUT2D eigenvalue weighted by Gasteiger charge is 2.29. The van der Waals surface area contributed by atoms with Crippen molar-refractivity contribution in [1.82, 2.24) is 14.7 Å². The SMILES string of the molecule is CC(C)n1ccc(CN2CC(O)C(O)C2)n1. The van der Waals surface area contributed by atoms with E-state index >= 15 is 0 Å². The molecule has 1 saturated heterocycles. The van der Waals surface area contributed by atoms with Crippen LogP contribution < -0.4 is 0 Å². The van der Waals surface area contributed by atoms with E-state index in [2.05, 4.69) is 18.9 Å². The molecule has 2 N–H and O–H groups in total. The summed E-state index contributed by atoms with van der Waals surface area (Å²) in [6, 6.07) is 2.35. The minimum absolute atomic E-state index is 0.364. The Morgan fingerprint density at radius 2 is 2.00 bits per heavy atom. The van der Waals surface area contributed by atoms with Gasteiger partial charge in [0.2, 0.25) is 0 Å². The van der Waals surface area contributed by atoms with Gasteiger partial charge >= 0.3 is 0 Å². The maximum atomic E-state index is 9.42. The first-order valence-corrected chi connectivity index (χ1v) is 5.69. The van der Waals surface area contributed by atoms with E-state index in [9.17, 15) is 10.2 Å². The summed E-state index contributed by atoms with van der Waals surface area (Å²) in [7, 11) is 0. The Labute approximate surface area is 95.3 Å². The number of β-amino-alcohol motifs (C(OH)–C–C–N with tert-alkyl or cyclic N) is 2. The first-order chi connectivity index (χ1) is 7.56. The summed E-state index contributed by atoms with van der Waals surface area (Å²) in [6.07, 6.45) is 0.725. The molecule has 0 radical (unpaired) electrons. The third-order valence-corrected chi connectivity index (χ3v) is 2.91. The molecule has 0 aromatic carbocycles. The zero-order valence-corrected chi connectivity index (χ0v) is 9.74. The molecule has 1 fully saturated rings. The third kappa shape index (κ3) is 2.42. The summed E-state index contributed by atoms with van der Waals surface area (Å²) >= 11 is 0. The van der Waals surface area contributed by atoms with Crippen LogP contribution in [-0.4, -0.2) is 50.2 Å². The van der Waals surface area contributed by atoms with Crippen molar-refractivity contribution in [3.05, 3.63) is 18.0 Å². The van der Waals surface area contributed by atoms with Crippen LogP contribution in [0.2, 0.25) is 0 Å². The van der Waals surface area contributed by atoms with Gasteiger partial charge in [0.15, 0.2) is 0 Å². The van der Waals surface area contributed by atoms with Crippen LogP contribution in [-0.2, 0) is 6.54 Å². The van der Waals surface area contributed by atoms with E-state index in [4.69, 9.17) is 0 Å². The minimum Gasteiger partial charge on any atom is -0.389 e. The van der Waals surface area contributed by atoms with E-state index in [0.717, 1.165) is 5.69 Å². The minimum atomic E-state index is -0.618. The lowest BCUT2D eigenvalue weighted by atomic mass is 10.3. The van der Waals surface area contributed by atoms with Gasteiger partial charge in [-0.3, -0.25) is 9.58 Å². The van der Waals surface area contributed by atoms with Crippen molar-refractivity contribution in [2.24, 2.45) is 0 Å². The number of aliphatic hydroxyl groups is 2. The van der Waals surface area contributed by atoms with Gasteiger partial charge in [-0.25, -0.2) is 0 Å². The molecular formula is C11H19N3O2. The molecule has 2 rings (SSSR count). The van der Waals surface area contributed by atoms with Crippen LogP contribution in [0.5, 0.6) is 0 Å². The predicted octanol–water partition coefficient (Wildman–Crippen LogP) is 0.00140. The second-order valence-electron chi connectivity index (χ2n) is 4.71. The highest BCUT2D eigenvalue weighted by molar-refractivity contribution is 5.00. The first-order valence-electron chi connectivity index (χ1n) is 5.69. The van der Waals surface area contributed by atoms with E-state index in [1.54, 1.807) is 0 Å². The monoisotopic (exact) mass is 225 g/mol. The Kier molecular flexibility index (Phi) is 3.28. The van der Waals surface area contributed by atoms with Gasteiger partial charge in [0.25, 0.3) is 0 Å². The molecule has 5 heteroatoms. The Morgan fingerprint density at radius 3 is 2.50 bits per heavy atom. The predicted molar refractivity (Wildman–Crippen MR) is 59.9 cm³/mol. The zero-order valence-electron chi connectivity index (χ0n) is 9.74. The first kappa shape index (κ1) is 11.6. The zero-order chi connectivity index (χ0) is 11.7. The third-order valence-electron chi connectivity index (χ3n) is 2.91. The molecule has 0 aliphatic carbocycles. The number of nitrogens with zero attached hydrogens (tertiary/aromatic N) is 3. The van der Waals surface area contributed by atoms with Crippen LogP contribution >= 0.6 is 0 Å². The standard InChI is InChI=1S/C11H19N3O2/c1-8(2)14-4-3-9(12-14)5-13-6-10(15)11(16)7-13/h3-4,8,10-11,15-16H,5-7H2,1-2H3. The molecule has 0 amide bonds. The van der Waals surface area contributed by atoms with E-state index in [1.165, 1.54) is 0 Å². The maximum Gasteiger partial charge on any atom is 0.0938 e. The smallest absolute Gasteiger partial charge is 0.0938 e. The van der Waals surface area contributed by atoms with Crippen molar-refractivity contribution in [2.45, 2.75) is 38.6 Å². The van der Waals surface area contributed by atoms with E-state index in [0.29, 0.717) is 25.7 Å². The largest absolute Gasteiger partial charge is 0.389 e. The maximum absolute atomic E-state index is 9.42. The van der Waals surface area contributed by atoms with Crippen molar-refractivity contribution in [3.8, 4) is 0 Å². The van der Waals surface area contributed by atoms with E-state index in [-0.39, 0.29) is 0 Å². The van der Waals surface area contributed by atoms with Gasteiger partial charge in [-0.15, -0.1) is 0 Å². The Hall–Kier alpha value is -0.910. The van der Waals surface area contributed by atoms with Gasteiger partial charge in [-0.05, 0) is 19.9 Å². The molecule has 0 spiro atoms. The van der Waals surface area contributed by atoms with Crippen molar-refractivity contribution in [2.75, 3.05) is 13.1 Å². The Bertz CT molecular complexity index is 341. The van der Waals surface area contributed by atoms with Crippen molar-refractivity contribution in [1.29, 1.82) is 0 Å². The molecule has 2 atom stereocenters. The number of rotatable bonds is 3. The highest BCUT2D eigenvalue weighted by atomic mass is 16.3. The van der Waals surface area contributed by atoms with Crippen LogP contribution in [0.15, 0.2) is 12.3 Å². The summed E-state index contributed by atoms with van der Waals surface area (Å²) in [5.41, 5.74) is 0.981. The summed E-state index contributed by atoms with van der Waals surface area (Å²) in [5.74, 6) is 0. The van der Waals surface area contributed by atoms with Gasteiger partial charge < -0.3 is 10.2 Å². The molecule has 1 aliphatic rings. The molecule has 1 aliphatic heterocycles. The second-order valence-corrected chi connectivity index (χ2v) is 4.71. The quantitative estimate of drug-likeness (QED) is 0.760. The fourth-order valence-corrected chi connectivity index (χ4v) is 1.95. The number of aromatic nitrogens is 2. The summed E-state index contributed by atoms with van der Waals surface area (Å²) in [5, 5.41) is 23.3. The molecular weight excluding hydrogens is 206 g/mol. The summed E-state index contributed by atoms with van der Waals surface area (Å²) in [4.78, 5) is 2.02. The van der Waals surface area contributed by atoms with Gasteiger partial charge in [0.05, 0.1) is 17.9 Å². The molecule has 2 unspecified atom stereocenters. The number of aliphatic hydroxyl groups excluding tert-OH is 2. The van der Waals surface area contributed by atoms with Gasteiger partial charge in [0, 0.05) is 31.9 Å². The summed E-state index contributed by atoms with van der Waals surface area (Å²) < 4.78 is 1.91. The molecule has 0 bridgehead atoms. The average Bonchev–Trinajstić information content (AvgIpc) is 2.76. The lowest BCUT2D eigenvalue weighted by molar-refractivity contribution is 0.0572. The second kappa shape index (κ2) is 4.53. The molecule has 1 aromatic rings. The fraction of sp³-hybridized carbons (Fsp3) is 0.727. The van der Waals surface area contributed by atoms with E-state index < -0.39 is 12.2 Å².